The van der Waals surface area contributed by atoms with E-state index >= 15 is 0 Å². The molecule has 0 saturated heterocycles. The number of carbonyl (C=O) groups excluding carboxylic acids is 2. The van der Waals surface area contributed by atoms with Crippen molar-refractivity contribution < 1.29 is 18.7 Å². The number of hydrogen-bond acceptors (Lipinski definition) is 6. The van der Waals surface area contributed by atoms with Crippen LogP contribution < -0.4 is 10.1 Å². The van der Waals surface area contributed by atoms with Gasteiger partial charge in [0.25, 0.3) is 0 Å². The summed E-state index contributed by atoms with van der Waals surface area (Å²) in [6.45, 7) is 0. The van der Waals surface area contributed by atoms with Gasteiger partial charge >= 0.3 is 0 Å². The Hall–Kier alpha value is -4.37. The fourth-order valence-electron chi connectivity index (χ4n) is 3.52. The van der Waals surface area contributed by atoms with Crippen LogP contribution in [0.2, 0.25) is 0 Å². The number of carbonyl (C=O) groups is 2. The van der Waals surface area contributed by atoms with Gasteiger partial charge in [-0.15, -0.1) is 11.3 Å². The van der Waals surface area contributed by atoms with Crippen LogP contribution in [0.3, 0.4) is 0 Å². The van der Waals surface area contributed by atoms with Gasteiger partial charge in [-0.3, -0.25) is 14.6 Å². The topological polar surface area (TPSA) is 86.1 Å². The molecular weight excluding hydrogens is 467 g/mol. The van der Waals surface area contributed by atoms with E-state index in [4.69, 9.17) is 4.74 Å². The highest BCUT2D eigenvalue weighted by Crippen LogP contribution is 2.39. The second kappa shape index (κ2) is 9.47. The van der Waals surface area contributed by atoms with Crippen LogP contribution in [0.5, 0.6) is 11.5 Å². The molecule has 9 heteroatoms. The van der Waals surface area contributed by atoms with E-state index < -0.39 is 11.7 Å². The molecule has 0 unspecified atom stereocenters. The zero-order valence-corrected chi connectivity index (χ0v) is 19.4. The largest absolute Gasteiger partial charge is 0.453 e. The first kappa shape index (κ1) is 22.4. The first-order valence-electron chi connectivity index (χ1n) is 10.7. The van der Waals surface area contributed by atoms with Gasteiger partial charge in [-0.25, -0.2) is 9.37 Å². The first-order chi connectivity index (χ1) is 17.0. The lowest BCUT2D eigenvalue weighted by atomic mass is 10.1. The third-order valence-corrected chi connectivity index (χ3v) is 6.35. The fourth-order valence-corrected chi connectivity index (χ4v) is 4.55. The van der Waals surface area contributed by atoms with Gasteiger partial charge in [-0.05, 0) is 18.2 Å². The van der Waals surface area contributed by atoms with Gasteiger partial charge in [0.15, 0.2) is 17.3 Å². The molecule has 1 amide bonds. The van der Waals surface area contributed by atoms with Crippen molar-refractivity contribution in [2.24, 2.45) is 7.05 Å². The molecule has 3 aromatic heterocycles. The average molecular weight is 487 g/mol. The molecule has 0 aliphatic rings. The summed E-state index contributed by atoms with van der Waals surface area (Å²) in [6, 6.07) is 16.2. The molecule has 0 spiro atoms. The summed E-state index contributed by atoms with van der Waals surface area (Å²) in [7, 11) is 1.90. The summed E-state index contributed by atoms with van der Waals surface area (Å²) in [5, 5.41) is 2.56. The van der Waals surface area contributed by atoms with Crippen LogP contribution in [0.4, 0.5) is 10.1 Å². The number of ketones is 1. The minimum Gasteiger partial charge on any atom is -0.453 e. The maximum Gasteiger partial charge on any atom is 0.232 e. The lowest BCUT2D eigenvalue weighted by Crippen LogP contribution is -2.16. The minimum atomic E-state index is -0.649. The van der Waals surface area contributed by atoms with Gasteiger partial charge < -0.3 is 14.6 Å². The SMILES string of the molecule is Cn1cnc(-c2cc3nccc(Oc4ccc(NC(=O)CC(=O)c5ccccc5)cc4F)c3s2)c1. The number of nitrogens with zero attached hydrogens (tertiary/aromatic N) is 3. The molecule has 0 bridgehead atoms. The number of Topliss-reactive ketones (excluding diaryl/α,β-unsaturated/α-hetero) is 1. The van der Waals surface area contributed by atoms with Crippen molar-refractivity contribution in [1.82, 2.24) is 14.5 Å². The Morgan fingerprint density at radius 2 is 1.89 bits per heavy atom. The molecule has 35 heavy (non-hydrogen) atoms. The molecule has 3 heterocycles. The molecule has 0 radical (unpaired) electrons. The molecule has 5 aromatic rings. The predicted molar refractivity (Wildman–Crippen MR) is 132 cm³/mol. The van der Waals surface area contributed by atoms with Gasteiger partial charge in [0.2, 0.25) is 5.91 Å². The Morgan fingerprint density at radius 3 is 2.63 bits per heavy atom. The number of benzene rings is 2. The summed E-state index contributed by atoms with van der Waals surface area (Å²) in [5.74, 6) is -1.02. The van der Waals surface area contributed by atoms with Gasteiger partial charge in [0.05, 0.1) is 33.5 Å². The standard InChI is InChI=1S/C26H19FN4O3S/c1-31-14-20(29-15-31)24-12-19-26(35-24)23(9-10-28-19)34-22-8-7-17(11-18(22)27)30-25(33)13-21(32)16-5-3-2-4-6-16/h2-12,14-15H,13H2,1H3,(H,30,33). The maximum atomic E-state index is 14.8. The molecular formula is C26H19FN4O3S. The van der Waals surface area contributed by atoms with Crippen LogP contribution in [0, 0.1) is 5.82 Å². The summed E-state index contributed by atoms with van der Waals surface area (Å²) in [4.78, 5) is 34.1. The molecule has 0 aliphatic carbocycles. The summed E-state index contributed by atoms with van der Waals surface area (Å²) in [6.07, 6.45) is 4.89. The average Bonchev–Trinajstić information content (AvgIpc) is 3.48. The smallest absolute Gasteiger partial charge is 0.232 e. The number of hydrogen-bond donors (Lipinski definition) is 1. The fraction of sp³-hybridized carbons (Fsp3) is 0.0769. The predicted octanol–water partition coefficient (Wildman–Crippen LogP) is 5.84. The van der Waals surface area contributed by atoms with Crippen LogP contribution in [0.1, 0.15) is 16.8 Å². The zero-order chi connectivity index (χ0) is 24.4. The Kier molecular flexibility index (Phi) is 6.07. The Balaban J connectivity index is 1.30. The van der Waals surface area contributed by atoms with Crippen molar-refractivity contribution in [3.05, 3.63) is 90.8 Å². The number of thiophene rings is 1. The number of imidazole rings is 1. The van der Waals surface area contributed by atoms with Crippen LogP contribution >= 0.6 is 11.3 Å². The number of pyridine rings is 1. The minimum absolute atomic E-state index is 0.00338. The van der Waals surface area contributed by atoms with Crippen molar-refractivity contribution in [2.75, 3.05) is 5.32 Å². The quantitative estimate of drug-likeness (QED) is 0.231. The molecule has 1 N–H and O–H groups in total. The number of halogens is 1. The van der Waals surface area contributed by atoms with E-state index in [1.807, 2.05) is 23.9 Å². The molecule has 0 saturated carbocycles. The molecule has 0 fully saturated rings. The number of amides is 1. The number of rotatable bonds is 7. The van der Waals surface area contributed by atoms with E-state index in [0.29, 0.717) is 11.3 Å². The monoisotopic (exact) mass is 486 g/mol. The second-order valence-corrected chi connectivity index (χ2v) is 8.87. The van der Waals surface area contributed by atoms with Gasteiger partial charge in [0, 0.05) is 42.8 Å². The van der Waals surface area contributed by atoms with Crippen molar-refractivity contribution in [3.63, 3.8) is 0 Å². The van der Waals surface area contributed by atoms with Crippen LogP contribution in [-0.2, 0) is 11.8 Å². The van der Waals surface area contributed by atoms with Gasteiger partial charge in [-0.1, -0.05) is 30.3 Å². The maximum absolute atomic E-state index is 14.8. The normalized spacial score (nSPS) is 10.9. The number of aromatic nitrogens is 3. The lowest BCUT2D eigenvalue weighted by molar-refractivity contribution is -0.115. The van der Waals surface area contributed by atoms with E-state index in [0.717, 1.165) is 26.9 Å². The van der Waals surface area contributed by atoms with Crippen molar-refractivity contribution in [3.8, 4) is 22.1 Å². The third kappa shape index (κ3) is 4.95. The Labute approximate surface area is 203 Å². The Bertz CT molecular complexity index is 1550. The number of aryl methyl sites for hydroxylation is 1. The van der Waals surface area contributed by atoms with Crippen LogP contribution in [-0.4, -0.2) is 26.2 Å². The highest BCUT2D eigenvalue weighted by atomic mass is 32.1. The Morgan fingerprint density at radius 1 is 1.06 bits per heavy atom. The van der Waals surface area contributed by atoms with E-state index in [-0.39, 0.29) is 23.6 Å². The molecule has 0 aliphatic heterocycles. The number of fused-ring (bicyclic) bond motifs is 1. The van der Waals surface area contributed by atoms with Gasteiger partial charge in [-0.2, -0.15) is 0 Å². The number of anilines is 1. The van der Waals surface area contributed by atoms with Crippen LogP contribution in [0.15, 0.2) is 79.4 Å². The first-order valence-corrected chi connectivity index (χ1v) is 11.5. The molecule has 2 aromatic carbocycles. The summed E-state index contributed by atoms with van der Waals surface area (Å²) in [5.41, 5.74) is 2.22. The lowest BCUT2D eigenvalue weighted by Gasteiger charge is -2.10. The zero-order valence-electron chi connectivity index (χ0n) is 18.6. The second-order valence-electron chi connectivity index (χ2n) is 7.82. The van der Waals surface area contributed by atoms with E-state index in [1.54, 1.807) is 48.9 Å². The highest BCUT2D eigenvalue weighted by Gasteiger charge is 2.16. The molecule has 7 nitrogen and oxygen atoms in total. The van der Waals surface area contributed by atoms with Crippen molar-refractivity contribution in [1.29, 1.82) is 0 Å². The number of ether oxygens (including phenoxy) is 1. The van der Waals surface area contributed by atoms with E-state index in [9.17, 15) is 14.0 Å². The number of nitrogens with one attached hydrogen (secondary N) is 1. The van der Waals surface area contributed by atoms with Gasteiger partial charge in [0.1, 0.15) is 5.75 Å². The molecule has 174 valence electrons. The van der Waals surface area contributed by atoms with Crippen molar-refractivity contribution in [2.45, 2.75) is 6.42 Å². The van der Waals surface area contributed by atoms with E-state index in [1.165, 1.54) is 23.5 Å². The highest BCUT2D eigenvalue weighted by molar-refractivity contribution is 7.22. The molecule has 0 atom stereocenters. The van der Waals surface area contributed by atoms with Crippen molar-refractivity contribution >= 4 is 38.9 Å². The summed E-state index contributed by atoms with van der Waals surface area (Å²) >= 11 is 1.46. The van der Waals surface area contributed by atoms with E-state index in [2.05, 4.69) is 15.3 Å². The van der Waals surface area contributed by atoms with Crippen LogP contribution in [0.25, 0.3) is 20.8 Å². The summed E-state index contributed by atoms with van der Waals surface area (Å²) < 4.78 is 23.3. The third-order valence-electron chi connectivity index (χ3n) is 5.19. The molecule has 5 rings (SSSR count).